The standard InChI is InChI=1S/C14H21BrN4S.HI/c1-16-14(17-7-10-6-13(15)20-9-10)18-11-4-5-19(8-11)12-2-3-12;/h6,9,11-12H,2-5,7-8H2,1H3,(H2,16,17,18);1H. The van der Waals surface area contributed by atoms with Gasteiger partial charge in [-0.05, 0) is 52.2 Å². The van der Waals surface area contributed by atoms with E-state index in [4.69, 9.17) is 0 Å². The number of hydrogen-bond acceptors (Lipinski definition) is 3. The van der Waals surface area contributed by atoms with E-state index in [-0.39, 0.29) is 24.0 Å². The molecule has 1 aliphatic heterocycles. The summed E-state index contributed by atoms with van der Waals surface area (Å²) in [6, 6.07) is 3.56. The first-order valence-electron chi connectivity index (χ1n) is 7.19. The molecule has 1 atom stereocenters. The van der Waals surface area contributed by atoms with Gasteiger partial charge in [0.05, 0.1) is 3.79 Å². The normalized spacial score (nSPS) is 23.0. The quantitative estimate of drug-likeness (QED) is 0.392. The van der Waals surface area contributed by atoms with Gasteiger partial charge in [0.2, 0.25) is 0 Å². The van der Waals surface area contributed by atoms with Gasteiger partial charge in [0.15, 0.2) is 5.96 Å². The minimum absolute atomic E-state index is 0. The number of likely N-dealkylation sites (tertiary alicyclic amines) is 1. The van der Waals surface area contributed by atoms with Gasteiger partial charge < -0.3 is 10.6 Å². The van der Waals surface area contributed by atoms with Crippen molar-refractivity contribution < 1.29 is 0 Å². The van der Waals surface area contributed by atoms with Crippen LogP contribution in [0.5, 0.6) is 0 Å². The van der Waals surface area contributed by atoms with Crippen LogP contribution >= 0.6 is 51.2 Å². The molecule has 1 saturated carbocycles. The maximum atomic E-state index is 4.33. The molecule has 2 heterocycles. The summed E-state index contributed by atoms with van der Waals surface area (Å²) in [5.41, 5.74) is 1.29. The molecule has 1 aromatic heterocycles. The molecule has 0 bridgehead atoms. The minimum Gasteiger partial charge on any atom is -0.352 e. The monoisotopic (exact) mass is 484 g/mol. The van der Waals surface area contributed by atoms with Crippen molar-refractivity contribution in [2.24, 2.45) is 4.99 Å². The second-order valence-corrected chi connectivity index (χ2v) is 7.83. The summed E-state index contributed by atoms with van der Waals surface area (Å²) < 4.78 is 1.17. The van der Waals surface area contributed by atoms with Crippen LogP contribution in [0.15, 0.2) is 20.2 Å². The second kappa shape index (κ2) is 8.12. The fourth-order valence-electron chi connectivity index (χ4n) is 2.69. The highest BCUT2D eigenvalue weighted by molar-refractivity contribution is 14.0. The largest absolute Gasteiger partial charge is 0.352 e. The van der Waals surface area contributed by atoms with Crippen LogP contribution in [0, 0.1) is 0 Å². The molecule has 3 rings (SSSR count). The van der Waals surface area contributed by atoms with Gasteiger partial charge in [0, 0.05) is 38.8 Å². The third-order valence-corrected chi connectivity index (χ3v) is 5.48. The zero-order valence-corrected chi connectivity index (χ0v) is 16.9. The third kappa shape index (κ3) is 5.07. The molecule has 0 aromatic carbocycles. The molecule has 0 amide bonds. The Kier molecular flexibility index (Phi) is 6.77. The number of halogens is 2. The number of guanidine groups is 1. The lowest BCUT2D eigenvalue weighted by Crippen LogP contribution is -2.44. The molecule has 1 aromatic rings. The van der Waals surface area contributed by atoms with Crippen LogP contribution in [0.1, 0.15) is 24.8 Å². The van der Waals surface area contributed by atoms with Gasteiger partial charge in [0.25, 0.3) is 0 Å². The molecular formula is C14H22BrIN4S. The Bertz CT molecular complexity index is 489. The number of thiophene rings is 1. The molecule has 118 valence electrons. The fourth-order valence-corrected chi connectivity index (χ4v) is 3.90. The summed E-state index contributed by atoms with van der Waals surface area (Å²) in [6.45, 7) is 3.22. The molecule has 21 heavy (non-hydrogen) atoms. The summed E-state index contributed by atoms with van der Waals surface area (Å²) in [5, 5.41) is 9.10. The van der Waals surface area contributed by atoms with Crippen LogP contribution in [0.2, 0.25) is 0 Å². The molecule has 7 heteroatoms. The Balaban J connectivity index is 0.00000161. The zero-order chi connectivity index (χ0) is 13.9. The van der Waals surface area contributed by atoms with Crippen molar-refractivity contribution in [2.45, 2.75) is 37.9 Å². The van der Waals surface area contributed by atoms with Gasteiger partial charge in [-0.15, -0.1) is 35.3 Å². The molecule has 2 aliphatic rings. The SMILES string of the molecule is CN=C(NCc1csc(Br)c1)NC1CCN(C2CC2)C1.I. The van der Waals surface area contributed by atoms with E-state index in [1.165, 1.54) is 35.2 Å². The Morgan fingerprint density at radius 1 is 1.48 bits per heavy atom. The van der Waals surface area contributed by atoms with E-state index in [2.05, 4.69) is 47.9 Å². The molecular weight excluding hydrogens is 463 g/mol. The van der Waals surface area contributed by atoms with Crippen LogP contribution in [0.25, 0.3) is 0 Å². The van der Waals surface area contributed by atoms with Gasteiger partial charge in [-0.25, -0.2) is 0 Å². The van der Waals surface area contributed by atoms with E-state index >= 15 is 0 Å². The Morgan fingerprint density at radius 2 is 2.29 bits per heavy atom. The smallest absolute Gasteiger partial charge is 0.191 e. The number of rotatable bonds is 4. The molecule has 2 fully saturated rings. The lowest BCUT2D eigenvalue weighted by molar-refractivity contribution is 0.321. The zero-order valence-electron chi connectivity index (χ0n) is 12.1. The Morgan fingerprint density at radius 3 is 2.90 bits per heavy atom. The maximum Gasteiger partial charge on any atom is 0.191 e. The topological polar surface area (TPSA) is 39.7 Å². The molecule has 4 nitrogen and oxygen atoms in total. The average Bonchev–Trinajstić information content (AvgIpc) is 3.06. The van der Waals surface area contributed by atoms with Crippen LogP contribution in [0.3, 0.4) is 0 Å². The van der Waals surface area contributed by atoms with Gasteiger partial charge >= 0.3 is 0 Å². The van der Waals surface area contributed by atoms with Crippen LogP contribution in [-0.2, 0) is 6.54 Å². The first-order chi connectivity index (χ1) is 9.74. The van der Waals surface area contributed by atoms with Crippen molar-refractivity contribution in [1.29, 1.82) is 0 Å². The molecule has 2 N–H and O–H groups in total. The van der Waals surface area contributed by atoms with Gasteiger partial charge in [-0.2, -0.15) is 0 Å². The third-order valence-electron chi connectivity index (χ3n) is 3.93. The summed E-state index contributed by atoms with van der Waals surface area (Å²) in [4.78, 5) is 6.94. The van der Waals surface area contributed by atoms with Crippen LogP contribution in [0.4, 0.5) is 0 Å². The van der Waals surface area contributed by atoms with Crippen molar-refractivity contribution in [3.63, 3.8) is 0 Å². The number of aliphatic imine (C=N–C) groups is 1. The lowest BCUT2D eigenvalue weighted by atomic mass is 10.3. The number of nitrogens with zero attached hydrogens (tertiary/aromatic N) is 2. The number of nitrogens with one attached hydrogen (secondary N) is 2. The van der Waals surface area contributed by atoms with E-state index in [0.717, 1.165) is 25.1 Å². The molecule has 0 radical (unpaired) electrons. The fraction of sp³-hybridized carbons (Fsp3) is 0.643. The first kappa shape index (κ1) is 17.5. The Labute approximate surface area is 155 Å². The first-order valence-corrected chi connectivity index (χ1v) is 8.86. The maximum absolute atomic E-state index is 4.33. The predicted octanol–water partition coefficient (Wildman–Crippen LogP) is 3.03. The van der Waals surface area contributed by atoms with Crippen LogP contribution in [-0.4, -0.2) is 43.1 Å². The van der Waals surface area contributed by atoms with E-state index < -0.39 is 0 Å². The molecule has 1 saturated heterocycles. The van der Waals surface area contributed by atoms with Crippen molar-refractivity contribution in [3.8, 4) is 0 Å². The molecule has 0 spiro atoms. The number of hydrogen-bond donors (Lipinski definition) is 2. The van der Waals surface area contributed by atoms with Gasteiger partial charge in [0.1, 0.15) is 0 Å². The summed E-state index contributed by atoms with van der Waals surface area (Å²) in [7, 11) is 1.84. The second-order valence-electron chi connectivity index (χ2n) is 5.54. The van der Waals surface area contributed by atoms with Crippen molar-refractivity contribution >= 4 is 57.2 Å². The molecule has 1 aliphatic carbocycles. The summed E-state index contributed by atoms with van der Waals surface area (Å²) in [5.74, 6) is 0.912. The van der Waals surface area contributed by atoms with Gasteiger partial charge in [-0.1, -0.05) is 0 Å². The van der Waals surface area contributed by atoms with E-state index in [1.54, 1.807) is 11.3 Å². The highest BCUT2D eigenvalue weighted by Crippen LogP contribution is 2.29. The minimum atomic E-state index is 0. The molecule has 1 unspecified atom stereocenters. The van der Waals surface area contributed by atoms with Crippen molar-refractivity contribution in [2.75, 3.05) is 20.1 Å². The lowest BCUT2D eigenvalue weighted by Gasteiger charge is -2.18. The summed E-state index contributed by atoms with van der Waals surface area (Å²) >= 11 is 5.21. The Hall–Kier alpha value is 0.140. The van der Waals surface area contributed by atoms with Crippen molar-refractivity contribution in [3.05, 3.63) is 20.8 Å². The predicted molar refractivity (Wildman–Crippen MR) is 104 cm³/mol. The van der Waals surface area contributed by atoms with Crippen LogP contribution < -0.4 is 10.6 Å². The van der Waals surface area contributed by atoms with E-state index in [1.807, 2.05) is 7.05 Å². The highest BCUT2D eigenvalue weighted by Gasteiger charge is 2.34. The van der Waals surface area contributed by atoms with Gasteiger partial charge in [-0.3, -0.25) is 9.89 Å². The highest BCUT2D eigenvalue weighted by atomic mass is 127. The van der Waals surface area contributed by atoms with Crippen molar-refractivity contribution in [1.82, 2.24) is 15.5 Å². The van der Waals surface area contributed by atoms with E-state index in [9.17, 15) is 0 Å². The summed E-state index contributed by atoms with van der Waals surface area (Å²) in [6.07, 6.45) is 4.01. The average molecular weight is 485 g/mol. The van der Waals surface area contributed by atoms with E-state index in [0.29, 0.717) is 6.04 Å².